The van der Waals surface area contributed by atoms with Crippen molar-refractivity contribution < 1.29 is 9.18 Å². The summed E-state index contributed by atoms with van der Waals surface area (Å²) >= 11 is 0. The Balaban J connectivity index is 1.56. The molecule has 1 saturated heterocycles. The van der Waals surface area contributed by atoms with E-state index in [2.05, 4.69) is 4.90 Å². The van der Waals surface area contributed by atoms with Crippen molar-refractivity contribution in [2.24, 2.45) is 5.92 Å². The zero-order chi connectivity index (χ0) is 13.9. The molecule has 3 rings (SSSR count). The SMILES string of the molecule is O=C(C1CCCC1)N1CCN(c2ccc(F)cc2)CC1. The van der Waals surface area contributed by atoms with Gasteiger partial charge < -0.3 is 9.80 Å². The van der Waals surface area contributed by atoms with Gasteiger partial charge in [-0.1, -0.05) is 12.8 Å². The summed E-state index contributed by atoms with van der Waals surface area (Å²) in [6.07, 6.45) is 4.53. The number of halogens is 1. The number of carbonyl (C=O) groups excluding carboxylic acids is 1. The van der Waals surface area contributed by atoms with E-state index in [0.29, 0.717) is 5.91 Å². The van der Waals surface area contributed by atoms with Crippen molar-refractivity contribution in [2.45, 2.75) is 25.7 Å². The summed E-state index contributed by atoms with van der Waals surface area (Å²) in [5.41, 5.74) is 1.04. The minimum Gasteiger partial charge on any atom is -0.368 e. The molecular weight excluding hydrogens is 255 g/mol. The van der Waals surface area contributed by atoms with Crippen molar-refractivity contribution in [1.29, 1.82) is 0 Å². The lowest BCUT2D eigenvalue weighted by molar-refractivity contribution is -0.135. The van der Waals surface area contributed by atoms with Crippen LogP contribution in [0, 0.1) is 11.7 Å². The molecule has 0 N–H and O–H groups in total. The summed E-state index contributed by atoms with van der Waals surface area (Å²) in [5.74, 6) is 0.414. The highest BCUT2D eigenvalue weighted by molar-refractivity contribution is 5.79. The third-order valence-corrected chi connectivity index (χ3v) is 4.49. The first-order chi connectivity index (χ1) is 9.74. The molecule has 0 radical (unpaired) electrons. The van der Waals surface area contributed by atoms with Crippen molar-refractivity contribution in [2.75, 3.05) is 31.1 Å². The molecule has 20 heavy (non-hydrogen) atoms. The quantitative estimate of drug-likeness (QED) is 0.829. The third kappa shape index (κ3) is 2.79. The number of benzene rings is 1. The molecule has 0 spiro atoms. The van der Waals surface area contributed by atoms with Crippen LogP contribution in [0.25, 0.3) is 0 Å². The Morgan fingerprint density at radius 1 is 1.00 bits per heavy atom. The smallest absolute Gasteiger partial charge is 0.225 e. The lowest BCUT2D eigenvalue weighted by Crippen LogP contribution is -2.50. The van der Waals surface area contributed by atoms with E-state index in [0.717, 1.165) is 44.7 Å². The lowest BCUT2D eigenvalue weighted by atomic mass is 10.1. The second kappa shape index (κ2) is 5.81. The monoisotopic (exact) mass is 276 g/mol. The van der Waals surface area contributed by atoms with E-state index in [-0.39, 0.29) is 11.7 Å². The first-order valence-electron chi connectivity index (χ1n) is 7.53. The van der Waals surface area contributed by atoms with Crippen molar-refractivity contribution in [1.82, 2.24) is 4.90 Å². The molecule has 1 amide bonds. The topological polar surface area (TPSA) is 23.6 Å². The third-order valence-electron chi connectivity index (χ3n) is 4.49. The summed E-state index contributed by atoms with van der Waals surface area (Å²) in [7, 11) is 0. The van der Waals surface area contributed by atoms with Crippen LogP contribution in [0.3, 0.4) is 0 Å². The highest BCUT2D eigenvalue weighted by Gasteiger charge is 2.29. The highest BCUT2D eigenvalue weighted by Crippen LogP contribution is 2.27. The normalized spacial score (nSPS) is 20.4. The summed E-state index contributed by atoms with van der Waals surface area (Å²) in [6, 6.07) is 6.60. The predicted molar refractivity (Wildman–Crippen MR) is 77.2 cm³/mol. The van der Waals surface area contributed by atoms with E-state index in [1.54, 1.807) is 0 Å². The van der Waals surface area contributed by atoms with Crippen molar-refractivity contribution in [3.05, 3.63) is 30.1 Å². The molecule has 108 valence electrons. The average Bonchev–Trinajstić information content (AvgIpc) is 3.02. The fraction of sp³-hybridized carbons (Fsp3) is 0.562. The second-order valence-corrected chi connectivity index (χ2v) is 5.77. The van der Waals surface area contributed by atoms with Crippen molar-refractivity contribution in [3.8, 4) is 0 Å². The van der Waals surface area contributed by atoms with Crippen LogP contribution in [-0.4, -0.2) is 37.0 Å². The molecule has 0 unspecified atom stereocenters. The van der Waals surface area contributed by atoms with Gasteiger partial charge in [0, 0.05) is 37.8 Å². The predicted octanol–water partition coefficient (Wildman–Crippen LogP) is 2.66. The van der Waals surface area contributed by atoms with Gasteiger partial charge in [0.05, 0.1) is 0 Å². The van der Waals surface area contributed by atoms with Gasteiger partial charge in [0.25, 0.3) is 0 Å². The number of hydrogen-bond donors (Lipinski definition) is 0. The van der Waals surface area contributed by atoms with Crippen LogP contribution in [0.15, 0.2) is 24.3 Å². The minimum atomic E-state index is -0.205. The lowest BCUT2D eigenvalue weighted by Gasteiger charge is -2.37. The van der Waals surface area contributed by atoms with Gasteiger partial charge in [0.2, 0.25) is 5.91 Å². The minimum absolute atomic E-state index is 0.205. The number of hydrogen-bond acceptors (Lipinski definition) is 2. The molecular formula is C16H21FN2O. The Morgan fingerprint density at radius 3 is 2.20 bits per heavy atom. The summed E-state index contributed by atoms with van der Waals surface area (Å²) in [6.45, 7) is 3.24. The summed E-state index contributed by atoms with van der Waals surface area (Å²) < 4.78 is 12.9. The number of carbonyl (C=O) groups is 1. The molecule has 3 nitrogen and oxygen atoms in total. The molecule has 2 fully saturated rings. The van der Waals surface area contributed by atoms with Crippen LogP contribution in [0.4, 0.5) is 10.1 Å². The highest BCUT2D eigenvalue weighted by atomic mass is 19.1. The average molecular weight is 276 g/mol. The van der Waals surface area contributed by atoms with Gasteiger partial charge in [-0.25, -0.2) is 4.39 Å². The molecule has 0 bridgehead atoms. The van der Waals surface area contributed by atoms with E-state index in [4.69, 9.17) is 0 Å². The van der Waals surface area contributed by atoms with Gasteiger partial charge in [0.1, 0.15) is 5.82 Å². The van der Waals surface area contributed by atoms with Gasteiger partial charge >= 0.3 is 0 Å². The molecule has 1 aromatic rings. The van der Waals surface area contributed by atoms with Crippen LogP contribution >= 0.6 is 0 Å². The Kier molecular flexibility index (Phi) is 3.90. The summed E-state index contributed by atoms with van der Waals surface area (Å²) in [4.78, 5) is 16.6. The summed E-state index contributed by atoms with van der Waals surface area (Å²) in [5, 5.41) is 0. The number of rotatable bonds is 2. The van der Waals surface area contributed by atoms with Crippen LogP contribution in [0.1, 0.15) is 25.7 Å². The molecule has 1 aromatic carbocycles. The molecule has 0 atom stereocenters. The van der Waals surface area contributed by atoms with Gasteiger partial charge in [0.15, 0.2) is 0 Å². The number of nitrogens with zero attached hydrogens (tertiary/aromatic N) is 2. The standard InChI is InChI=1S/C16H21FN2O/c17-14-5-7-15(8-6-14)18-9-11-19(12-10-18)16(20)13-3-1-2-4-13/h5-8,13H,1-4,9-12H2. The molecule has 0 aromatic heterocycles. The molecule has 4 heteroatoms. The molecule has 1 aliphatic carbocycles. The van der Waals surface area contributed by atoms with E-state index >= 15 is 0 Å². The van der Waals surface area contributed by atoms with E-state index < -0.39 is 0 Å². The molecule has 1 saturated carbocycles. The first-order valence-corrected chi connectivity index (χ1v) is 7.53. The Morgan fingerprint density at radius 2 is 1.60 bits per heavy atom. The molecule has 2 aliphatic rings. The molecule has 1 aliphatic heterocycles. The number of anilines is 1. The van der Waals surface area contributed by atoms with Crippen LogP contribution in [0.5, 0.6) is 0 Å². The van der Waals surface area contributed by atoms with E-state index in [1.807, 2.05) is 17.0 Å². The largest absolute Gasteiger partial charge is 0.368 e. The maximum absolute atomic E-state index is 12.9. The Bertz CT molecular complexity index is 460. The van der Waals surface area contributed by atoms with Crippen LogP contribution < -0.4 is 4.90 Å². The number of amides is 1. The van der Waals surface area contributed by atoms with Gasteiger partial charge in [-0.3, -0.25) is 4.79 Å². The zero-order valence-electron chi connectivity index (χ0n) is 11.7. The Hall–Kier alpha value is -1.58. The fourth-order valence-electron chi connectivity index (χ4n) is 3.27. The maximum atomic E-state index is 12.9. The van der Waals surface area contributed by atoms with E-state index in [1.165, 1.54) is 25.0 Å². The van der Waals surface area contributed by atoms with Gasteiger partial charge in [-0.05, 0) is 37.1 Å². The van der Waals surface area contributed by atoms with E-state index in [9.17, 15) is 9.18 Å². The zero-order valence-corrected chi connectivity index (χ0v) is 11.7. The number of piperazine rings is 1. The fourth-order valence-corrected chi connectivity index (χ4v) is 3.27. The maximum Gasteiger partial charge on any atom is 0.225 e. The second-order valence-electron chi connectivity index (χ2n) is 5.77. The van der Waals surface area contributed by atoms with Crippen LogP contribution in [0.2, 0.25) is 0 Å². The first kappa shape index (κ1) is 13.4. The van der Waals surface area contributed by atoms with Gasteiger partial charge in [-0.2, -0.15) is 0 Å². The van der Waals surface area contributed by atoms with Gasteiger partial charge in [-0.15, -0.1) is 0 Å². The molecule has 1 heterocycles. The van der Waals surface area contributed by atoms with Crippen LogP contribution in [-0.2, 0) is 4.79 Å². The van der Waals surface area contributed by atoms with Crippen molar-refractivity contribution >= 4 is 11.6 Å². The van der Waals surface area contributed by atoms with Crippen molar-refractivity contribution in [3.63, 3.8) is 0 Å². The Labute approximate surface area is 119 Å².